The smallest absolute Gasteiger partial charge is 0.408 e. The number of nitrogens with one attached hydrogen (secondary N) is 2. The molecule has 1 aromatic carbocycles. The van der Waals surface area contributed by atoms with Crippen molar-refractivity contribution in [1.29, 1.82) is 5.26 Å². The summed E-state index contributed by atoms with van der Waals surface area (Å²) in [5.41, 5.74) is 3.01. The summed E-state index contributed by atoms with van der Waals surface area (Å²) in [5.74, 6) is 0.485. The van der Waals surface area contributed by atoms with E-state index in [-0.39, 0.29) is 0 Å². The summed E-state index contributed by atoms with van der Waals surface area (Å²) in [6.07, 6.45) is -0.157. The number of aromatic nitrogens is 4. The van der Waals surface area contributed by atoms with E-state index in [2.05, 4.69) is 26.5 Å². The molecule has 3 rings (SSSR count). The number of hydrogen-bond donors (Lipinski definition) is 2. The Morgan fingerprint density at radius 2 is 2.03 bits per heavy atom. The molecule has 0 saturated carbocycles. The van der Waals surface area contributed by atoms with E-state index in [1.165, 1.54) is 0 Å². The summed E-state index contributed by atoms with van der Waals surface area (Å²) in [6.45, 7) is 7.36. The fraction of sp³-hybridized carbons (Fsp3) is 0.364. The first-order chi connectivity index (χ1) is 14.6. The molecule has 0 bridgehead atoms. The summed E-state index contributed by atoms with van der Waals surface area (Å²) in [7, 11) is 1.86. The van der Waals surface area contributed by atoms with Crippen molar-refractivity contribution in [2.75, 3.05) is 0 Å². The Labute approximate surface area is 186 Å². The lowest BCUT2D eigenvalue weighted by Crippen LogP contribution is -2.36. The number of ether oxygens (including phenoxy) is 1. The zero-order chi connectivity index (χ0) is 22.8. The molecule has 162 valence electrons. The molecular weight excluding hydrogens is 416 g/mol. The van der Waals surface area contributed by atoms with E-state index in [9.17, 15) is 4.79 Å². The highest BCUT2D eigenvalue weighted by Crippen LogP contribution is 2.29. The summed E-state index contributed by atoms with van der Waals surface area (Å²) >= 11 is 6.43. The predicted octanol–water partition coefficient (Wildman–Crippen LogP) is 4.45. The molecule has 2 heterocycles. The van der Waals surface area contributed by atoms with Crippen molar-refractivity contribution in [2.45, 2.75) is 45.8 Å². The van der Waals surface area contributed by atoms with Crippen LogP contribution in [-0.4, -0.2) is 31.4 Å². The van der Waals surface area contributed by atoms with Gasteiger partial charge in [0, 0.05) is 24.7 Å². The molecule has 8 nitrogen and oxygen atoms in total. The monoisotopic (exact) mass is 440 g/mol. The van der Waals surface area contributed by atoms with Crippen LogP contribution >= 0.6 is 11.6 Å². The van der Waals surface area contributed by atoms with Crippen LogP contribution < -0.4 is 5.32 Å². The number of rotatable bonds is 5. The van der Waals surface area contributed by atoms with E-state index in [0.717, 1.165) is 17.0 Å². The summed E-state index contributed by atoms with van der Waals surface area (Å²) in [6, 6.07) is 10.5. The summed E-state index contributed by atoms with van der Waals surface area (Å²) in [5, 5.41) is 16.7. The number of imidazole rings is 1. The third-order valence-electron chi connectivity index (χ3n) is 4.56. The van der Waals surface area contributed by atoms with Crippen LogP contribution in [0.3, 0.4) is 0 Å². The minimum atomic E-state index is -0.634. The zero-order valence-electron chi connectivity index (χ0n) is 18.2. The van der Waals surface area contributed by atoms with E-state index in [0.29, 0.717) is 28.7 Å². The highest BCUT2D eigenvalue weighted by atomic mass is 35.5. The van der Waals surface area contributed by atoms with Crippen molar-refractivity contribution < 1.29 is 9.53 Å². The molecule has 0 radical (unpaired) electrons. The minimum absolute atomic E-state index is 0.341. The van der Waals surface area contributed by atoms with Crippen molar-refractivity contribution in [2.24, 2.45) is 7.05 Å². The summed E-state index contributed by atoms with van der Waals surface area (Å²) < 4.78 is 7.20. The maximum atomic E-state index is 12.5. The van der Waals surface area contributed by atoms with Crippen LogP contribution in [0.2, 0.25) is 5.15 Å². The Morgan fingerprint density at radius 1 is 1.35 bits per heavy atom. The second kappa shape index (κ2) is 8.82. The number of nitriles is 1. The van der Waals surface area contributed by atoms with E-state index in [4.69, 9.17) is 21.6 Å². The quantitative estimate of drug-likeness (QED) is 0.609. The SMILES string of the molecule is Cc1cc(CC(NC(=O)OC(C)(C)C)c2nc(-c3ccc(C#N)cc3)c(Cl)[nH]2)nn1C. The number of nitrogens with zero attached hydrogens (tertiary/aromatic N) is 4. The topological polar surface area (TPSA) is 109 Å². The molecule has 3 aromatic rings. The average molecular weight is 441 g/mol. The van der Waals surface area contributed by atoms with Gasteiger partial charge in [0.25, 0.3) is 0 Å². The molecule has 2 N–H and O–H groups in total. The minimum Gasteiger partial charge on any atom is -0.444 e. The molecule has 9 heteroatoms. The molecule has 2 aromatic heterocycles. The third kappa shape index (κ3) is 5.64. The van der Waals surface area contributed by atoms with Crippen LogP contribution in [0.4, 0.5) is 4.79 Å². The molecule has 1 atom stereocenters. The number of benzene rings is 1. The van der Waals surface area contributed by atoms with Crippen LogP contribution in [0.1, 0.15) is 49.6 Å². The molecule has 31 heavy (non-hydrogen) atoms. The maximum Gasteiger partial charge on any atom is 0.408 e. The van der Waals surface area contributed by atoms with Gasteiger partial charge in [0.1, 0.15) is 22.3 Å². The number of carbonyl (C=O) groups is 1. The second-order valence-corrected chi connectivity index (χ2v) is 8.66. The fourth-order valence-electron chi connectivity index (χ4n) is 3.04. The molecule has 0 saturated heterocycles. The van der Waals surface area contributed by atoms with Crippen LogP contribution in [0, 0.1) is 18.3 Å². The van der Waals surface area contributed by atoms with Crippen molar-refractivity contribution in [3.8, 4) is 17.3 Å². The number of aromatic amines is 1. The van der Waals surface area contributed by atoms with Gasteiger partial charge in [0.05, 0.1) is 23.4 Å². The zero-order valence-corrected chi connectivity index (χ0v) is 18.9. The largest absolute Gasteiger partial charge is 0.444 e. The van der Waals surface area contributed by atoms with Gasteiger partial charge >= 0.3 is 6.09 Å². The fourth-order valence-corrected chi connectivity index (χ4v) is 3.29. The lowest BCUT2D eigenvalue weighted by atomic mass is 10.1. The van der Waals surface area contributed by atoms with Crippen LogP contribution in [0.25, 0.3) is 11.3 Å². The van der Waals surface area contributed by atoms with Gasteiger partial charge < -0.3 is 15.0 Å². The number of carbonyl (C=O) groups excluding carboxylic acids is 1. The van der Waals surface area contributed by atoms with Gasteiger partial charge in [0.15, 0.2) is 0 Å². The van der Waals surface area contributed by atoms with E-state index in [1.807, 2.05) is 20.0 Å². The van der Waals surface area contributed by atoms with Gasteiger partial charge in [-0.25, -0.2) is 9.78 Å². The van der Waals surface area contributed by atoms with Crippen molar-refractivity contribution >= 4 is 17.7 Å². The molecule has 0 aliphatic rings. The van der Waals surface area contributed by atoms with Gasteiger partial charge in [0.2, 0.25) is 0 Å². The van der Waals surface area contributed by atoms with E-state index >= 15 is 0 Å². The normalized spacial score (nSPS) is 12.3. The Bertz CT molecular complexity index is 1100. The Morgan fingerprint density at radius 3 is 2.58 bits per heavy atom. The highest BCUT2D eigenvalue weighted by molar-refractivity contribution is 6.31. The number of hydrogen-bond acceptors (Lipinski definition) is 5. The van der Waals surface area contributed by atoms with Crippen LogP contribution in [0.5, 0.6) is 0 Å². The van der Waals surface area contributed by atoms with Crippen molar-refractivity contribution in [3.05, 3.63) is 58.3 Å². The Balaban J connectivity index is 1.92. The van der Waals surface area contributed by atoms with Gasteiger partial charge in [-0.05, 0) is 45.9 Å². The van der Waals surface area contributed by atoms with E-state index in [1.54, 1.807) is 49.7 Å². The standard InChI is InChI=1S/C22H25ClN6O2/c1-13-10-16(28-29(13)5)11-17(25-21(30)31-22(2,3)4)20-26-18(19(23)27-20)15-8-6-14(12-24)7-9-15/h6-10,17H,11H2,1-5H3,(H,25,30)(H,26,27). The molecule has 0 aliphatic heterocycles. The molecule has 1 unspecified atom stereocenters. The van der Waals surface area contributed by atoms with E-state index < -0.39 is 17.7 Å². The second-order valence-electron chi connectivity index (χ2n) is 8.28. The molecular formula is C22H25ClN6O2. The first kappa shape index (κ1) is 22.4. The highest BCUT2D eigenvalue weighted by Gasteiger charge is 2.25. The number of aryl methyl sites for hydroxylation is 2. The number of amides is 1. The number of halogens is 1. The average Bonchev–Trinajstić information content (AvgIpc) is 3.21. The Kier molecular flexibility index (Phi) is 6.37. The molecule has 0 spiro atoms. The molecule has 0 fully saturated rings. The van der Waals surface area contributed by atoms with Crippen LogP contribution in [-0.2, 0) is 18.2 Å². The van der Waals surface area contributed by atoms with Crippen LogP contribution in [0.15, 0.2) is 30.3 Å². The first-order valence-electron chi connectivity index (χ1n) is 9.80. The van der Waals surface area contributed by atoms with Gasteiger partial charge in [-0.3, -0.25) is 4.68 Å². The first-order valence-corrected chi connectivity index (χ1v) is 10.2. The lowest BCUT2D eigenvalue weighted by Gasteiger charge is -2.22. The summed E-state index contributed by atoms with van der Waals surface area (Å²) in [4.78, 5) is 20.2. The number of alkyl carbamates (subject to hydrolysis) is 1. The van der Waals surface area contributed by atoms with Gasteiger partial charge in [-0.15, -0.1) is 0 Å². The third-order valence-corrected chi connectivity index (χ3v) is 4.84. The molecule has 1 amide bonds. The predicted molar refractivity (Wildman–Crippen MR) is 118 cm³/mol. The van der Waals surface area contributed by atoms with Gasteiger partial charge in [-0.1, -0.05) is 23.7 Å². The van der Waals surface area contributed by atoms with Crippen molar-refractivity contribution in [3.63, 3.8) is 0 Å². The molecule has 0 aliphatic carbocycles. The maximum absolute atomic E-state index is 12.5. The lowest BCUT2D eigenvalue weighted by molar-refractivity contribution is 0.0501. The van der Waals surface area contributed by atoms with Gasteiger partial charge in [-0.2, -0.15) is 10.4 Å². The number of H-pyrrole nitrogens is 1. The Hall–Kier alpha value is -3.31. The van der Waals surface area contributed by atoms with Crippen molar-refractivity contribution in [1.82, 2.24) is 25.1 Å².